The van der Waals surface area contributed by atoms with Gasteiger partial charge in [0.25, 0.3) is 0 Å². The predicted molar refractivity (Wildman–Crippen MR) is 68.8 cm³/mol. The summed E-state index contributed by atoms with van der Waals surface area (Å²) in [5.41, 5.74) is 0. The van der Waals surface area contributed by atoms with Crippen LogP contribution >= 0.6 is 0 Å². The van der Waals surface area contributed by atoms with Crippen LogP contribution in [0.1, 0.15) is 0 Å². The highest BCUT2D eigenvalue weighted by Crippen LogP contribution is 2.13. The van der Waals surface area contributed by atoms with Crippen molar-refractivity contribution in [3.63, 3.8) is 0 Å². The number of anilines is 1. The van der Waals surface area contributed by atoms with Gasteiger partial charge in [0.1, 0.15) is 5.82 Å². The van der Waals surface area contributed by atoms with E-state index < -0.39 is 0 Å². The molecule has 0 aliphatic heterocycles. The third-order valence-corrected chi connectivity index (χ3v) is 2.42. The molecule has 0 unspecified atom stereocenters. The summed E-state index contributed by atoms with van der Waals surface area (Å²) >= 11 is 0. The van der Waals surface area contributed by atoms with E-state index in [4.69, 9.17) is 9.47 Å². The Hall–Kier alpha value is -1.33. The number of nitrogens with zero attached hydrogens (tertiary/aromatic N) is 2. The highest BCUT2D eigenvalue weighted by molar-refractivity contribution is 5.39. The summed E-state index contributed by atoms with van der Waals surface area (Å²) in [5, 5.41) is 3.29. The van der Waals surface area contributed by atoms with E-state index >= 15 is 0 Å². The average Bonchev–Trinajstić information content (AvgIpc) is 2.38. The van der Waals surface area contributed by atoms with Crippen molar-refractivity contribution >= 4 is 5.82 Å². The highest BCUT2D eigenvalue weighted by Gasteiger charge is 2.02. The minimum atomic E-state index is 0.640. The van der Waals surface area contributed by atoms with Crippen molar-refractivity contribution in [1.29, 1.82) is 0 Å². The number of nitrogens with one attached hydrogen (secondary N) is 1. The first kappa shape index (κ1) is 13.7. The summed E-state index contributed by atoms with van der Waals surface area (Å²) in [6.07, 6.45) is 0. The van der Waals surface area contributed by atoms with Crippen LogP contribution in [0.25, 0.3) is 0 Å². The van der Waals surface area contributed by atoms with Crippen molar-refractivity contribution in [3.8, 4) is 5.88 Å². The maximum Gasteiger partial charge on any atom is 0.214 e. The zero-order chi connectivity index (χ0) is 12.5. The van der Waals surface area contributed by atoms with Gasteiger partial charge in [-0.15, -0.1) is 0 Å². The number of hydrogen-bond acceptors (Lipinski definition) is 5. The molecule has 96 valence electrons. The average molecular weight is 239 g/mol. The highest BCUT2D eigenvalue weighted by atomic mass is 16.5. The first-order valence-corrected chi connectivity index (χ1v) is 5.69. The summed E-state index contributed by atoms with van der Waals surface area (Å²) in [7, 11) is 5.34. The van der Waals surface area contributed by atoms with E-state index in [1.807, 2.05) is 25.2 Å². The largest absolute Gasteiger partial charge is 0.481 e. The van der Waals surface area contributed by atoms with Crippen LogP contribution in [0.4, 0.5) is 5.82 Å². The van der Waals surface area contributed by atoms with Gasteiger partial charge in [0, 0.05) is 39.9 Å². The van der Waals surface area contributed by atoms with Crippen LogP contribution in [-0.2, 0) is 4.74 Å². The first-order valence-electron chi connectivity index (χ1n) is 5.69. The Morgan fingerprint density at radius 2 is 2.12 bits per heavy atom. The number of aromatic nitrogens is 1. The van der Waals surface area contributed by atoms with Crippen molar-refractivity contribution < 1.29 is 9.47 Å². The second kappa shape index (κ2) is 7.86. The molecule has 0 amide bonds. The zero-order valence-corrected chi connectivity index (χ0v) is 10.8. The van der Waals surface area contributed by atoms with E-state index in [9.17, 15) is 0 Å². The van der Waals surface area contributed by atoms with Crippen molar-refractivity contribution in [2.75, 3.05) is 52.4 Å². The van der Waals surface area contributed by atoms with Gasteiger partial charge >= 0.3 is 0 Å². The van der Waals surface area contributed by atoms with E-state index in [2.05, 4.69) is 15.2 Å². The topological polar surface area (TPSA) is 46.6 Å². The molecule has 0 radical (unpaired) electrons. The van der Waals surface area contributed by atoms with Gasteiger partial charge in [0.15, 0.2) is 0 Å². The van der Waals surface area contributed by atoms with Gasteiger partial charge in [-0.25, -0.2) is 0 Å². The van der Waals surface area contributed by atoms with Crippen LogP contribution in [0, 0.1) is 0 Å². The lowest BCUT2D eigenvalue weighted by Crippen LogP contribution is -2.31. The van der Waals surface area contributed by atoms with Crippen LogP contribution in [0.3, 0.4) is 0 Å². The van der Waals surface area contributed by atoms with Gasteiger partial charge in [0.05, 0.1) is 13.7 Å². The standard InChI is InChI=1S/C12H21N3O2/c1-15(9-7-13-8-10-16-2)11-5-4-6-12(14-11)17-3/h4-6,13H,7-10H2,1-3H3. The molecule has 1 heterocycles. The third-order valence-electron chi connectivity index (χ3n) is 2.42. The quantitative estimate of drug-likeness (QED) is 0.679. The summed E-state index contributed by atoms with van der Waals surface area (Å²) in [6.45, 7) is 3.40. The Labute approximate surface area is 103 Å². The van der Waals surface area contributed by atoms with Gasteiger partial charge in [-0.1, -0.05) is 6.07 Å². The van der Waals surface area contributed by atoms with Crippen LogP contribution < -0.4 is 15.0 Å². The van der Waals surface area contributed by atoms with E-state index in [-0.39, 0.29) is 0 Å². The summed E-state index contributed by atoms with van der Waals surface area (Å²) in [6, 6.07) is 5.75. The first-order chi connectivity index (χ1) is 8.27. The second-order valence-electron chi connectivity index (χ2n) is 3.70. The molecule has 17 heavy (non-hydrogen) atoms. The molecule has 1 N–H and O–H groups in total. The van der Waals surface area contributed by atoms with Gasteiger partial charge in [-0.05, 0) is 6.07 Å². The van der Waals surface area contributed by atoms with Crippen LogP contribution in [0.15, 0.2) is 18.2 Å². The fourth-order valence-electron chi connectivity index (χ4n) is 1.39. The molecule has 1 rings (SSSR count). The minimum absolute atomic E-state index is 0.640. The number of pyridine rings is 1. The van der Waals surface area contributed by atoms with Crippen LogP contribution in [0.5, 0.6) is 5.88 Å². The molecule has 5 nitrogen and oxygen atoms in total. The summed E-state index contributed by atoms with van der Waals surface area (Å²) in [5.74, 6) is 1.56. The van der Waals surface area contributed by atoms with Gasteiger partial charge in [-0.3, -0.25) is 0 Å². The molecule has 0 saturated carbocycles. The molecule has 0 aliphatic carbocycles. The summed E-state index contributed by atoms with van der Waals surface area (Å²) in [4.78, 5) is 6.44. The molecular formula is C12H21N3O2. The predicted octanol–water partition coefficient (Wildman–Crippen LogP) is 0.762. The fraction of sp³-hybridized carbons (Fsp3) is 0.583. The van der Waals surface area contributed by atoms with Crippen molar-refractivity contribution in [2.45, 2.75) is 0 Å². The zero-order valence-electron chi connectivity index (χ0n) is 10.8. The Balaban J connectivity index is 2.33. The lowest BCUT2D eigenvalue weighted by atomic mass is 10.4. The van der Waals surface area contributed by atoms with Crippen molar-refractivity contribution in [2.24, 2.45) is 0 Å². The number of rotatable bonds is 8. The van der Waals surface area contributed by atoms with Crippen LogP contribution in [-0.4, -0.2) is 52.5 Å². The SMILES string of the molecule is COCCNCCN(C)c1cccc(OC)n1. The normalized spacial score (nSPS) is 10.3. The van der Waals surface area contributed by atoms with E-state index in [0.717, 1.165) is 32.1 Å². The minimum Gasteiger partial charge on any atom is -0.481 e. The summed E-state index contributed by atoms with van der Waals surface area (Å²) < 4.78 is 10.1. The lowest BCUT2D eigenvalue weighted by Gasteiger charge is -2.18. The molecular weight excluding hydrogens is 218 g/mol. The molecule has 1 aromatic rings. The molecule has 0 saturated heterocycles. The maximum absolute atomic E-state index is 5.09. The van der Waals surface area contributed by atoms with Gasteiger partial charge in [0.2, 0.25) is 5.88 Å². The molecule has 0 aliphatic rings. The van der Waals surface area contributed by atoms with Crippen molar-refractivity contribution in [3.05, 3.63) is 18.2 Å². The van der Waals surface area contributed by atoms with E-state index in [1.54, 1.807) is 14.2 Å². The number of hydrogen-bond donors (Lipinski definition) is 1. The van der Waals surface area contributed by atoms with Gasteiger partial charge in [-0.2, -0.15) is 4.98 Å². The Morgan fingerprint density at radius 1 is 1.29 bits per heavy atom. The Bertz CT molecular complexity index is 320. The molecule has 0 bridgehead atoms. The smallest absolute Gasteiger partial charge is 0.214 e. The second-order valence-corrected chi connectivity index (χ2v) is 3.70. The van der Waals surface area contributed by atoms with Crippen LogP contribution in [0.2, 0.25) is 0 Å². The third kappa shape index (κ3) is 5.01. The van der Waals surface area contributed by atoms with E-state index in [1.165, 1.54) is 0 Å². The molecule has 0 aromatic carbocycles. The maximum atomic E-state index is 5.09. The molecule has 0 fully saturated rings. The van der Waals surface area contributed by atoms with Crippen molar-refractivity contribution in [1.82, 2.24) is 10.3 Å². The lowest BCUT2D eigenvalue weighted by molar-refractivity contribution is 0.200. The number of methoxy groups -OCH3 is 2. The fourth-order valence-corrected chi connectivity index (χ4v) is 1.39. The molecule has 1 aromatic heterocycles. The number of ether oxygens (including phenoxy) is 2. The van der Waals surface area contributed by atoms with Gasteiger partial charge < -0.3 is 19.7 Å². The Morgan fingerprint density at radius 3 is 2.82 bits per heavy atom. The monoisotopic (exact) mass is 239 g/mol. The molecule has 5 heteroatoms. The molecule has 0 atom stereocenters. The number of likely N-dealkylation sites (N-methyl/N-ethyl adjacent to an activating group) is 1. The van der Waals surface area contributed by atoms with E-state index in [0.29, 0.717) is 5.88 Å². The molecule has 0 spiro atoms. The Kier molecular flexibility index (Phi) is 6.35.